The molecule has 0 saturated heterocycles. The van der Waals surface area contributed by atoms with Crippen molar-refractivity contribution in [1.82, 2.24) is 10.2 Å². The molecule has 0 bridgehead atoms. The van der Waals surface area contributed by atoms with Gasteiger partial charge in [0.05, 0.1) is 4.90 Å². The van der Waals surface area contributed by atoms with Crippen molar-refractivity contribution in [3.05, 3.63) is 35.3 Å². The first kappa shape index (κ1) is 12.0. The fourth-order valence-electron chi connectivity index (χ4n) is 1.30. The van der Waals surface area contributed by atoms with E-state index >= 15 is 0 Å². The highest BCUT2D eigenvalue weighted by atomic mass is 32.2. The standard InChI is InChI=1S/C10H11N3O2S2/c1-2-8-3-5-9(6-4-8)17(14,15)13-10-12-11-7-16-10/h3-7H,2H2,1H3,(H,12,13). The number of nitrogens with one attached hydrogen (secondary N) is 1. The van der Waals surface area contributed by atoms with Crippen LogP contribution in [0.25, 0.3) is 0 Å². The summed E-state index contributed by atoms with van der Waals surface area (Å²) in [6.45, 7) is 2.02. The molecule has 0 atom stereocenters. The normalized spacial score (nSPS) is 11.4. The Bertz CT molecular complexity index is 577. The third kappa shape index (κ3) is 2.80. The summed E-state index contributed by atoms with van der Waals surface area (Å²) in [5.74, 6) is 0. The van der Waals surface area contributed by atoms with Crippen LogP contribution in [-0.4, -0.2) is 18.6 Å². The second kappa shape index (κ2) is 4.80. The molecule has 0 fully saturated rings. The van der Waals surface area contributed by atoms with Crippen molar-refractivity contribution < 1.29 is 8.42 Å². The van der Waals surface area contributed by atoms with E-state index in [4.69, 9.17) is 0 Å². The molecule has 0 saturated carbocycles. The summed E-state index contributed by atoms with van der Waals surface area (Å²) in [4.78, 5) is 0.227. The first-order valence-corrected chi connectivity index (χ1v) is 7.36. The van der Waals surface area contributed by atoms with Crippen molar-refractivity contribution in [2.45, 2.75) is 18.2 Å². The number of sulfonamides is 1. The topological polar surface area (TPSA) is 72.0 Å². The molecule has 0 radical (unpaired) electrons. The monoisotopic (exact) mass is 269 g/mol. The highest BCUT2D eigenvalue weighted by molar-refractivity contribution is 7.93. The van der Waals surface area contributed by atoms with Crippen LogP contribution >= 0.6 is 11.3 Å². The summed E-state index contributed by atoms with van der Waals surface area (Å²) >= 11 is 1.14. The van der Waals surface area contributed by atoms with Gasteiger partial charge in [-0.3, -0.25) is 4.72 Å². The zero-order valence-electron chi connectivity index (χ0n) is 9.12. The van der Waals surface area contributed by atoms with Gasteiger partial charge in [-0.25, -0.2) is 8.42 Å². The van der Waals surface area contributed by atoms with Crippen molar-refractivity contribution in [2.75, 3.05) is 4.72 Å². The zero-order valence-corrected chi connectivity index (χ0v) is 10.8. The number of rotatable bonds is 4. The summed E-state index contributed by atoms with van der Waals surface area (Å²) in [7, 11) is -3.55. The van der Waals surface area contributed by atoms with Crippen LogP contribution in [0.4, 0.5) is 5.13 Å². The summed E-state index contributed by atoms with van der Waals surface area (Å²) in [6.07, 6.45) is 0.879. The fraction of sp³-hybridized carbons (Fsp3) is 0.200. The lowest BCUT2D eigenvalue weighted by Gasteiger charge is -2.05. The second-order valence-corrected chi connectivity index (χ2v) is 5.86. The van der Waals surface area contributed by atoms with E-state index in [1.807, 2.05) is 6.92 Å². The lowest BCUT2D eigenvalue weighted by molar-refractivity contribution is 0.601. The number of hydrogen-bond donors (Lipinski definition) is 1. The molecule has 2 rings (SSSR count). The van der Waals surface area contributed by atoms with Crippen molar-refractivity contribution in [1.29, 1.82) is 0 Å². The molecule has 0 unspecified atom stereocenters. The molecule has 1 aromatic heterocycles. The molecule has 7 heteroatoms. The minimum atomic E-state index is -3.55. The number of anilines is 1. The Morgan fingerprint density at radius 3 is 2.53 bits per heavy atom. The minimum Gasteiger partial charge on any atom is -0.253 e. The van der Waals surface area contributed by atoms with Gasteiger partial charge in [-0.2, -0.15) is 0 Å². The third-order valence-corrected chi connectivity index (χ3v) is 4.31. The van der Waals surface area contributed by atoms with E-state index in [1.165, 1.54) is 5.51 Å². The molecular formula is C10H11N3O2S2. The molecule has 5 nitrogen and oxygen atoms in total. The number of hydrogen-bond acceptors (Lipinski definition) is 5. The lowest BCUT2D eigenvalue weighted by atomic mass is 10.2. The molecule has 0 amide bonds. The van der Waals surface area contributed by atoms with Crippen LogP contribution in [0.1, 0.15) is 12.5 Å². The Labute approximate surface area is 104 Å². The van der Waals surface area contributed by atoms with Crippen LogP contribution in [0.15, 0.2) is 34.7 Å². The molecule has 0 aliphatic carbocycles. The predicted octanol–water partition coefficient (Wildman–Crippen LogP) is 1.90. The predicted molar refractivity (Wildman–Crippen MR) is 66.5 cm³/mol. The molecule has 90 valence electrons. The SMILES string of the molecule is CCc1ccc(S(=O)(=O)Nc2nncs2)cc1. The zero-order chi connectivity index (χ0) is 12.3. The summed E-state index contributed by atoms with van der Waals surface area (Å²) in [5, 5.41) is 7.48. The van der Waals surface area contributed by atoms with Crippen molar-refractivity contribution in [3.63, 3.8) is 0 Å². The number of benzene rings is 1. The lowest BCUT2D eigenvalue weighted by Crippen LogP contribution is -2.12. The van der Waals surface area contributed by atoms with E-state index in [2.05, 4.69) is 14.9 Å². The van der Waals surface area contributed by atoms with Gasteiger partial charge in [0.25, 0.3) is 10.0 Å². The van der Waals surface area contributed by atoms with Gasteiger partial charge in [0, 0.05) is 0 Å². The van der Waals surface area contributed by atoms with Crippen LogP contribution in [0.5, 0.6) is 0 Å². The highest BCUT2D eigenvalue weighted by Gasteiger charge is 2.15. The van der Waals surface area contributed by atoms with E-state index in [9.17, 15) is 8.42 Å². The molecule has 0 aliphatic heterocycles. The first-order chi connectivity index (χ1) is 8.12. The molecule has 2 aromatic rings. The molecular weight excluding hydrogens is 258 g/mol. The highest BCUT2D eigenvalue weighted by Crippen LogP contribution is 2.17. The van der Waals surface area contributed by atoms with E-state index < -0.39 is 10.0 Å². The molecule has 17 heavy (non-hydrogen) atoms. The minimum absolute atomic E-state index is 0.227. The molecule has 0 aliphatic rings. The van der Waals surface area contributed by atoms with Crippen molar-refractivity contribution in [3.8, 4) is 0 Å². The van der Waals surface area contributed by atoms with Crippen LogP contribution < -0.4 is 4.72 Å². The van der Waals surface area contributed by atoms with Gasteiger partial charge < -0.3 is 0 Å². The molecule has 1 N–H and O–H groups in total. The Balaban J connectivity index is 2.25. The van der Waals surface area contributed by atoms with Crippen LogP contribution in [0.2, 0.25) is 0 Å². The van der Waals surface area contributed by atoms with E-state index in [-0.39, 0.29) is 10.0 Å². The summed E-state index contributed by atoms with van der Waals surface area (Å²) < 4.78 is 26.2. The van der Waals surface area contributed by atoms with Gasteiger partial charge in [0.2, 0.25) is 5.13 Å². The second-order valence-electron chi connectivity index (χ2n) is 3.35. The fourth-order valence-corrected chi connectivity index (χ4v) is 2.99. The maximum atomic E-state index is 11.9. The summed E-state index contributed by atoms with van der Waals surface area (Å²) in [5.41, 5.74) is 2.57. The summed E-state index contributed by atoms with van der Waals surface area (Å²) in [6, 6.07) is 6.77. The number of aromatic nitrogens is 2. The van der Waals surface area contributed by atoms with Crippen molar-refractivity contribution in [2.24, 2.45) is 0 Å². The van der Waals surface area contributed by atoms with Gasteiger partial charge in [0.1, 0.15) is 5.51 Å². The largest absolute Gasteiger partial charge is 0.263 e. The number of aryl methyl sites for hydroxylation is 1. The van der Waals surface area contributed by atoms with Gasteiger partial charge >= 0.3 is 0 Å². The molecule has 1 heterocycles. The van der Waals surface area contributed by atoms with Crippen LogP contribution in [0, 0.1) is 0 Å². The Hall–Kier alpha value is -1.47. The molecule has 1 aromatic carbocycles. The Morgan fingerprint density at radius 2 is 2.00 bits per heavy atom. The average Bonchev–Trinajstić information content (AvgIpc) is 2.81. The van der Waals surface area contributed by atoms with E-state index in [1.54, 1.807) is 24.3 Å². The average molecular weight is 269 g/mol. The van der Waals surface area contributed by atoms with E-state index in [0.29, 0.717) is 0 Å². The first-order valence-electron chi connectivity index (χ1n) is 5.00. The maximum absolute atomic E-state index is 11.9. The third-order valence-electron chi connectivity index (χ3n) is 2.22. The van der Waals surface area contributed by atoms with Gasteiger partial charge in [-0.15, -0.1) is 10.2 Å². The Kier molecular flexibility index (Phi) is 3.39. The van der Waals surface area contributed by atoms with Gasteiger partial charge in [0.15, 0.2) is 0 Å². The smallest absolute Gasteiger partial charge is 0.253 e. The quantitative estimate of drug-likeness (QED) is 0.920. The maximum Gasteiger partial charge on any atom is 0.263 e. The molecule has 0 spiro atoms. The van der Waals surface area contributed by atoms with Crippen LogP contribution in [0.3, 0.4) is 0 Å². The van der Waals surface area contributed by atoms with Gasteiger partial charge in [-0.1, -0.05) is 30.4 Å². The van der Waals surface area contributed by atoms with E-state index in [0.717, 1.165) is 23.3 Å². The number of nitrogens with zero attached hydrogens (tertiary/aromatic N) is 2. The van der Waals surface area contributed by atoms with Gasteiger partial charge in [-0.05, 0) is 24.1 Å². The van der Waals surface area contributed by atoms with Crippen LogP contribution in [-0.2, 0) is 16.4 Å². The Morgan fingerprint density at radius 1 is 1.29 bits per heavy atom. The van der Waals surface area contributed by atoms with Crippen molar-refractivity contribution >= 4 is 26.5 Å².